The van der Waals surface area contributed by atoms with E-state index in [1.165, 1.54) is 12.8 Å². The van der Waals surface area contributed by atoms with Gasteiger partial charge in [0, 0.05) is 30.7 Å². The Morgan fingerprint density at radius 3 is 2.67 bits per heavy atom. The van der Waals surface area contributed by atoms with Crippen LogP contribution in [0.3, 0.4) is 0 Å². The number of benzene rings is 1. The number of carbonyl (C=O) groups excluding carboxylic acids is 2. The quantitative estimate of drug-likeness (QED) is 0.723. The zero-order chi connectivity index (χ0) is 17.1. The Labute approximate surface area is 146 Å². The van der Waals surface area contributed by atoms with Gasteiger partial charge in [0.2, 0.25) is 5.91 Å². The summed E-state index contributed by atoms with van der Waals surface area (Å²) in [5.74, 6) is 0.963. The van der Waals surface area contributed by atoms with Gasteiger partial charge in [0.1, 0.15) is 0 Å². The molecule has 0 bridgehead atoms. The first-order valence-corrected chi connectivity index (χ1v) is 8.69. The molecule has 2 fully saturated rings. The summed E-state index contributed by atoms with van der Waals surface area (Å²) in [6.07, 6.45) is 2.47. The van der Waals surface area contributed by atoms with E-state index in [2.05, 4.69) is 15.5 Å². The minimum Gasteiger partial charge on any atom is -0.352 e. The van der Waals surface area contributed by atoms with E-state index < -0.39 is 6.03 Å². The first-order chi connectivity index (χ1) is 11.5. The van der Waals surface area contributed by atoms with Gasteiger partial charge in [-0.25, -0.2) is 4.79 Å². The molecule has 130 valence electrons. The summed E-state index contributed by atoms with van der Waals surface area (Å²) in [6, 6.07) is 7.29. The van der Waals surface area contributed by atoms with Crippen molar-refractivity contribution in [2.75, 3.05) is 19.6 Å². The molecule has 0 radical (unpaired) electrons. The monoisotopic (exact) mass is 350 g/mol. The molecule has 2 aliphatic rings. The van der Waals surface area contributed by atoms with Crippen molar-refractivity contribution in [1.82, 2.24) is 15.5 Å². The maximum Gasteiger partial charge on any atom is 0.312 e. The number of primary amides is 1. The first-order valence-electron chi connectivity index (χ1n) is 8.31. The number of hydrogen-bond donors (Lipinski definition) is 3. The van der Waals surface area contributed by atoms with Crippen molar-refractivity contribution in [3.05, 3.63) is 34.9 Å². The van der Waals surface area contributed by atoms with E-state index in [-0.39, 0.29) is 18.5 Å². The van der Waals surface area contributed by atoms with Crippen LogP contribution in [0.2, 0.25) is 5.02 Å². The summed E-state index contributed by atoms with van der Waals surface area (Å²) < 4.78 is 0. The Bertz CT molecular complexity index is 620. The molecule has 0 unspecified atom stereocenters. The lowest BCUT2D eigenvalue weighted by Gasteiger charge is -2.19. The summed E-state index contributed by atoms with van der Waals surface area (Å²) in [5.41, 5.74) is 6.11. The third-order valence-corrected chi connectivity index (χ3v) is 5.16. The van der Waals surface area contributed by atoms with E-state index in [4.69, 9.17) is 17.3 Å². The SMILES string of the molecule is NC(=O)NCC(=O)N[C@H]1CN(Cc2ccccc2Cl)C[C@@H]1C1CC1. The van der Waals surface area contributed by atoms with Gasteiger partial charge in [-0.05, 0) is 36.3 Å². The van der Waals surface area contributed by atoms with Gasteiger partial charge in [-0.3, -0.25) is 9.69 Å². The number of rotatable bonds is 6. The predicted octanol–water partition coefficient (Wildman–Crippen LogP) is 1.33. The van der Waals surface area contributed by atoms with E-state index in [1.54, 1.807) is 0 Å². The lowest BCUT2D eigenvalue weighted by molar-refractivity contribution is -0.121. The van der Waals surface area contributed by atoms with Gasteiger partial charge in [-0.1, -0.05) is 29.8 Å². The summed E-state index contributed by atoms with van der Waals surface area (Å²) in [4.78, 5) is 25.1. The van der Waals surface area contributed by atoms with Gasteiger partial charge in [0.15, 0.2) is 0 Å². The van der Waals surface area contributed by atoms with Crippen LogP contribution in [0.1, 0.15) is 18.4 Å². The van der Waals surface area contributed by atoms with Crippen molar-refractivity contribution in [1.29, 1.82) is 0 Å². The predicted molar refractivity (Wildman–Crippen MR) is 92.5 cm³/mol. The molecule has 1 aliphatic carbocycles. The van der Waals surface area contributed by atoms with E-state index in [0.29, 0.717) is 11.8 Å². The van der Waals surface area contributed by atoms with Crippen LogP contribution in [-0.4, -0.2) is 42.5 Å². The molecular weight excluding hydrogens is 328 g/mol. The third kappa shape index (κ3) is 4.39. The minimum atomic E-state index is -0.685. The van der Waals surface area contributed by atoms with Crippen molar-refractivity contribution < 1.29 is 9.59 Å². The highest BCUT2D eigenvalue weighted by Gasteiger charge is 2.42. The highest BCUT2D eigenvalue weighted by Crippen LogP contribution is 2.41. The topological polar surface area (TPSA) is 87.5 Å². The van der Waals surface area contributed by atoms with E-state index in [1.807, 2.05) is 24.3 Å². The summed E-state index contributed by atoms with van der Waals surface area (Å²) in [5, 5.41) is 6.16. The molecule has 24 heavy (non-hydrogen) atoms. The van der Waals surface area contributed by atoms with Crippen LogP contribution in [0.5, 0.6) is 0 Å². The number of hydrogen-bond acceptors (Lipinski definition) is 3. The Morgan fingerprint density at radius 2 is 2.00 bits per heavy atom. The standard InChI is InChI=1S/C17H23ClN4O2/c18-14-4-2-1-3-12(14)8-22-9-13(11-5-6-11)15(10-22)21-16(23)7-20-17(19)24/h1-4,11,13,15H,5-10H2,(H,21,23)(H3,19,20,24)/t13-,15+/m1/s1. The van der Waals surface area contributed by atoms with Gasteiger partial charge in [-0.2, -0.15) is 0 Å². The van der Waals surface area contributed by atoms with Crippen LogP contribution in [0.25, 0.3) is 0 Å². The number of halogens is 1. The number of nitrogens with two attached hydrogens (primary N) is 1. The molecule has 7 heteroatoms. The summed E-state index contributed by atoms with van der Waals surface area (Å²) >= 11 is 6.26. The fourth-order valence-electron chi connectivity index (χ4n) is 3.49. The zero-order valence-corrected chi connectivity index (χ0v) is 14.3. The van der Waals surface area contributed by atoms with Crippen molar-refractivity contribution in [3.8, 4) is 0 Å². The van der Waals surface area contributed by atoms with Crippen LogP contribution in [0.15, 0.2) is 24.3 Å². The summed E-state index contributed by atoms with van der Waals surface area (Å²) in [7, 11) is 0. The molecule has 6 nitrogen and oxygen atoms in total. The Morgan fingerprint density at radius 1 is 1.25 bits per heavy atom. The Balaban J connectivity index is 1.59. The maximum absolute atomic E-state index is 12.0. The smallest absolute Gasteiger partial charge is 0.312 e. The average molecular weight is 351 g/mol. The lowest BCUT2D eigenvalue weighted by atomic mass is 9.98. The van der Waals surface area contributed by atoms with Gasteiger partial charge >= 0.3 is 6.03 Å². The molecule has 1 aromatic carbocycles. The molecule has 2 atom stereocenters. The second-order valence-electron chi connectivity index (χ2n) is 6.68. The molecule has 1 aromatic rings. The highest BCUT2D eigenvalue weighted by molar-refractivity contribution is 6.31. The van der Waals surface area contributed by atoms with Crippen LogP contribution in [0, 0.1) is 11.8 Å². The minimum absolute atomic E-state index is 0.0757. The van der Waals surface area contributed by atoms with E-state index in [0.717, 1.165) is 30.2 Å². The molecule has 1 heterocycles. The van der Waals surface area contributed by atoms with E-state index in [9.17, 15) is 9.59 Å². The largest absolute Gasteiger partial charge is 0.352 e. The second-order valence-corrected chi connectivity index (χ2v) is 7.09. The highest BCUT2D eigenvalue weighted by atomic mass is 35.5. The molecule has 0 aromatic heterocycles. The number of carbonyl (C=O) groups is 2. The number of nitrogens with one attached hydrogen (secondary N) is 2. The van der Waals surface area contributed by atoms with Crippen LogP contribution in [-0.2, 0) is 11.3 Å². The second kappa shape index (κ2) is 7.40. The Kier molecular flexibility index (Phi) is 5.26. The normalized spacial score (nSPS) is 23.9. The van der Waals surface area contributed by atoms with Gasteiger partial charge in [0.05, 0.1) is 6.54 Å². The molecule has 4 N–H and O–H groups in total. The number of likely N-dealkylation sites (tertiary alicyclic amines) is 1. The van der Waals surface area contributed by atoms with Gasteiger partial charge in [0.25, 0.3) is 0 Å². The molecule has 1 saturated carbocycles. The maximum atomic E-state index is 12.0. The molecule has 1 saturated heterocycles. The van der Waals surface area contributed by atoms with Crippen molar-refractivity contribution in [2.45, 2.75) is 25.4 Å². The number of nitrogens with zero attached hydrogens (tertiary/aromatic N) is 1. The van der Waals surface area contributed by atoms with E-state index >= 15 is 0 Å². The van der Waals surface area contributed by atoms with Crippen LogP contribution < -0.4 is 16.4 Å². The number of amides is 3. The van der Waals surface area contributed by atoms with Crippen molar-refractivity contribution in [3.63, 3.8) is 0 Å². The molecular formula is C17H23ClN4O2. The fourth-order valence-corrected chi connectivity index (χ4v) is 3.69. The lowest BCUT2D eigenvalue weighted by Crippen LogP contribution is -2.46. The van der Waals surface area contributed by atoms with Crippen molar-refractivity contribution in [2.24, 2.45) is 17.6 Å². The van der Waals surface area contributed by atoms with Gasteiger partial charge in [-0.15, -0.1) is 0 Å². The first kappa shape index (κ1) is 17.0. The molecule has 0 spiro atoms. The third-order valence-electron chi connectivity index (χ3n) is 4.79. The Hall–Kier alpha value is -1.79. The zero-order valence-electron chi connectivity index (χ0n) is 13.5. The fraction of sp³-hybridized carbons (Fsp3) is 0.529. The molecule has 3 amide bonds. The van der Waals surface area contributed by atoms with Crippen LogP contribution in [0.4, 0.5) is 4.79 Å². The van der Waals surface area contributed by atoms with Crippen LogP contribution >= 0.6 is 11.6 Å². The van der Waals surface area contributed by atoms with Gasteiger partial charge < -0.3 is 16.4 Å². The van der Waals surface area contributed by atoms with Crippen molar-refractivity contribution >= 4 is 23.5 Å². The molecule has 3 rings (SSSR count). The molecule has 1 aliphatic heterocycles. The average Bonchev–Trinajstić information content (AvgIpc) is 3.31. The number of urea groups is 1. The summed E-state index contributed by atoms with van der Waals surface area (Å²) in [6.45, 7) is 2.47.